The van der Waals surface area contributed by atoms with Crippen molar-refractivity contribution in [3.63, 3.8) is 0 Å². The Kier molecular flexibility index (Phi) is 3.99. The lowest BCUT2D eigenvalue weighted by atomic mass is 9.91. The maximum atomic E-state index is 12.4. The molecular formula is C13H23ClN2O. The summed E-state index contributed by atoms with van der Waals surface area (Å²) in [7, 11) is 0. The molecule has 2 heterocycles. The van der Waals surface area contributed by atoms with Crippen molar-refractivity contribution in [2.45, 2.75) is 51.1 Å². The maximum Gasteiger partial charge on any atom is 0.226 e. The van der Waals surface area contributed by atoms with Crippen molar-refractivity contribution in [1.29, 1.82) is 0 Å². The summed E-state index contributed by atoms with van der Waals surface area (Å²) in [5.74, 6) is 1.59. The Hall–Kier alpha value is -0.280. The Morgan fingerprint density at radius 3 is 2.65 bits per heavy atom. The van der Waals surface area contributed by atoms with Crippen molar-refractivity contribution in [2.75, 3.05) is 13.1 Å². The number of carbonyl (C=O) groups excluding carboxylic acids is 1. The molecule has 1 amide bonds. The van der Waals surface area contributed by atoms with E-state index >= 15 is 0 Å². The highest BCUT2D eigenvalue weighted by Crippen LogP contribution is 2.38. The second-order valence-electron chi connectivity index (χ2n) is 5.90. The molecule has 3 fully saturated rings. The summed E-state index contributed by atoms with van der Waals surface area (Å²) in [6, 6.07) is 1.12. The summed E-state index contributed by atoms with van der Waals surface area (Å²) < 4.78 is 0. The zero-order chi connectivity index (χ0) is 11.1. The maximum absolute atomic E-state index is 12.4. The molecule has 4 heteroatoms. The molecule has 3 aliphatic rings. The quantitative estimate of drug-likeness (QED) is 0.778. The van der Waals surface area contributed by atoms with E-state index in [1.807, 2.05) is 0 Å². The van der Waals surface area contributed by atoms with Crippen LogP contribution in [0.5, 0.6) is 0 Å². The van der Waals surface area contributed by atoms with Gasteiger partial charge in [0.1, 0.15) is 0 Å². The van der Waals surface area contributed by atoms with E-state index in [0.29, 0.717) is 23.9 Å². The van der Waals surface area contributed by atoms with E-state index in [0.717, 1.165) is 31.8 Å². The SMILES string of the molecule is C[C@H]1C[C@@H](C(=O)N2CC3CCC2C3)CCN1.Cl. The smallest absolute Gasteiger partial charge is 0.226 e. The van der Waals surface area contributed by atoms with Gasteiger partial charge in [0, 0.05) is 24.5 Å². The van der Waals surface area contributed by atoms with Crippen molar-refractivity contribution in [1.82, 2.24) is 10.2 Å². The lowest BCUT2D eigenvalue weighted by Crippen LogP contribution is -2.46. The largest absolute Gasteiger partial charge is 0.339 e. The summed E-state index contributed by atoms with van der Waals surface area (Å²) in [6.07, 6.45) is 5.98. The average molecular weight is 259 g/mol. The zero-order valence-electron chi connectivity index (χ0n) is 10.5. The fraction of sp³-hybridized carbons (Fsp3) is 0.923. The Morgan fingerprint density at radius 1 is 1.24 bits per heavy atom. The zero-order valence-corrected chi connectivity index (χ0v) is 11.3. The Bertz CT molecular complexity index is 297. The molecule has 1 aliphatic carbocycles. The van der Waals surface area contributed by atoms with Crippen LogP contribution in [0, 0.1) is 11.8 Å². The van der Waals surface area contributed by atoms with Gasteiger partial charge < -0.3 is 10.2 Å². The molecule has 2 aliphatic heterocycles. The van der Waals surface area contributed by atoms with Gasteiger partial charge in [-0.2, -0.15) is 0 Å². The molecule has 1 N–H and O–H groups in total. The van der Waals surface area contributed by atoms with Crippen LogP contribution in [-0.4, -0.2) is 36.0 Å². The highest BCUT2D eigenvalue weighted by molar-refractivity contribution is 5.85. The van der Waals surface area contributed by atoms with Gasteiger partial charge in [-0.1, -0.05) is 0 Å². The fourth-order valence-electron chi connectivity index (χ4n) is 3.79. The van der Waals surface area contributed by atoms with E-state index in [-0.39, 0.29) is 12.4 Å². The fourth-order valence-corrected chi connectivity index (χ4v) is 3.79. The first-order chi connectivity index (χ1) is 7.74. The monoisotopic (exact) mass is 258 g/mol. The number of fused-ring (bicyclic) bond motifs is 2. The van der Waals surface area contributed by atoms with Gasteiger partial charge in [0.05, 0.1) is 0 Å². The molecule has 1 saturated carbocycles. The Morgan fingerprint density at radius 2 is 2.06 bits per heavy atom. The number of likely N-dealkylation sites (tertiary alicyclic amines) is 1. The molecule has 98 valence electrons. The normalized spacial score (nSPS) is 40.2. The minimum atomic E-state index is 0. The summed E-state index contributed by atoms with van der Waals surface area (Å²) in [6.45, 7) is 4.26. The molecule has 0 aromatic carbocycles. The summed E-state index contributed by atoms with van der Waals surface area (Å²) in [5, 5.41) is 3.42. The number of hydrogen-bond donors (Lipinski definition) is 1. The van der Waals surface area contributed by atoms with E-state index in [4.69, 9.17) is 0 Å². The molecule has 2 saturated heterocycles. The number of halogens is 1. The molecule has 0 radical (unpaired) electrons. The van der Waals surface area contributed by atoms with Crippen molar-refractivity contribution in [2.24, 2.45) is 11.8 Å². The van der Waals surface area contributed by atoms with E-state index in [1.165, 1.54) is 19.3 Å². The Labute approximate surface area is 110 Å². The molecule has 3 rings (SSSR count). The van der Waals surface area contributed by atoms with Gasteiger partial charge in [0.15, 0.2) is 0 Å². The van der Waals surface area contributed by atoms with Gasteiger partial charge in [-0.3, -0.25) is 4.79 Å². The van der Waals surface area contributed by atoms with Crippen LogP contribution in [0.1, 0.15) is 39.0 Å². The van der Waals surface area contributed by atoms with Crippen LogP contribution < -0.4 is 5.32 Å². The number of carbonyl (C=O) groups is 1. The topological polar surface area (TPSA) is 32.3 Å². The van der Waals surface area contributed by atoms with E-state index in [2.05, 4.69) is 17.1 Å². The van der Waals surface area contributed by atoms with Crippen LogP contribution >= 0.6 is 12.4 Å². The molecule has 0 aromatic rings. The average Bonchev–Trinajstić information content (AvgIpc) is 2.89. The number of nitrogens with one attached hydrogen (secondary N) is 1. The molecule has 2 unspecified atom stereocenters. The second-order valence-corrected chi connectivity index (χ2v) is 5.90. The van der Waals surface area contributed by atoms with Crippen LogP contribution in [0.15, 0.2) is 0 Å². The highest BCUT2D eigenvalue weighted by atomic mass is 35.5. The minimum absolute atomic E-state index is 0. The van der Waals surface area contributed by atoms with Gasteiger partial charge in [-0.05, 0) is 51.5 Å². The van der Waals surface area contributed by atoms with Crippen molar-refractivity contribution in [3.05, 3.63) is 0 Å². The van der Waals surface area contributed by atoms with Crippen LogP contribution in [0.25, 0.3) is 0 Å². The highest BCUT2D eigenvalue weighted by Gasteiger charge is 2.42. The van der Waals surface area contributed by atoms with Gasteiger partial charge in [0.25, 0.3) is 0 Å². The first-order valence-corrected chi connectivity index (χ1v) is 6.78. The molecule has 0 aromatic heterocycles. The van der Waals surface area contributed by atoms with Gasteiger partial charge >= 0.3 is 0 Å². The van der Waals surface area contributed by atoms with Gasteiger partial charge in [-0.25, -0.2) is 0 Å². The third-order valence-electron chi connectivity index (χ3n) is 4.67. The molecule has 4 atom stereocenters. The van der Waals surface area contributed by atoms with Crippen molar-refractivity contribution < 1.29 is 4.79 Å². The molecule has 17 heavy (non-hydrogen) atoms. The van der Waals surface area contributed by atoms with E-state index in [9.17, 15) is 4.79 Å². The first-order valence-electron chi connectivity index (χ1n) is 6.78. The lowest BCUT2D eigenvalue weighted by molar-refractivity contribution is -0.138. The molecule has 2 bridgehead atoms. The van der Waals surface area contributed by atoms with Gasteiger partial charge in [-0.15, -0.1) is 12.4 Å². The summed E-state index contributed by atoms with van der Waals surface area (Å²) in [5.41, 5.74) is 0. The van der Waals surface area contributed by atoms with Crippen LogP contribution in [0.3, 0.4) is 0 Å². The van der Waals surface area contributed by atoms with E-state index < -0.39 is 0 Å². The number of piperidine rings is 2. The number of rotatable bonds is 1. The first kappa shape index (κ1) is 13.2. The number of nitrogens with zero attached hydrogens (tertiary/aromatic N) is 1. The van der Waals surface area contributed by atoms with E-state index in [1.54, 1.807) is 0 Å². The molecule has 3 nitrogen and oxygen atoms in total. The third-order valence-corrected chi connectivity index (χ3v) is 4.67. The number of hydrogen-bond acceptors (Lipinski definition) is 2. The predicted octanol–water partition coefficient (Wildman–Crippen LogP) is 1.81. The molecular weight excluding hydrogens is 236 g/mol. The number of amides is 1. The van der Waals surface area contributed by atoms with Crippen molar-refractivity contribution >= 4 is 18.3 Å². The minimum Gasteiger partial charge on any atom is -0.339 e. The Balaban J connectivity index is 0.00000108. The standard InChI is InChI=1S/C13H22N2O.ClH/c1-9-6-11(4-5-14-9)13(16)15-8-10-2-3-12(15)7-10;/h9-12,14H,2-8H2,1H3;1H/t9-,10?,11-,12?;/m0./s1. The third kappa shape index (κ3) is 2.45. The van der Waals surface area contributed by atoms with Crippen LogP contribution in [0.4, 0.5) is 0 Å². The lowest BCUT2D eigenvalue weighted by Gasteiger charge is -2.34. The summed E-state index contributed by atoms with van der Waals surface area (Å²) in [4.78, 5) is 14.6. The van der Waals surface area contributed by atoms with Crippen molar-refractivity contribution in [3.8, 4) is 0 Å². The second kappa shape index (κ2) is 5.15. The summed E-state index contributed by atoms with van der Waals surface area (Å²) >= 11 is 0. The van der Waals surface area contributed by atoms with Gasteiger partial charge in [0.2, 0.25) is 5.91 Å². The predicted molar refractivity (Wildman–Crippen MR) is 70.3 cm³/mol. The van der Waals surface area contributed by atoms with Crippen LogP contribution in [0.2, 0.25) is 0 Å². The van der Waals surface area contributed by atoms with Crippen LogP contribution in [-0.2, 0) is 4.79 Å². The molecule has 0 spiro atoms.